The standard InChI is InChI=1S/C21H24BrNO2/c22-13-6-7-14-23-15-12-18-10-4-5-11-19(18)20(23)21(24)25-16-17-8-2-1-3-9-17/h1-5,8-11,20H,6-7,12-16H2/t20-/m1/s1. The largest absolute Gasteiger partial charge is 0.459 e. The number of unbranched alkanes of at least 4 members (excludes halogenated alkanes) is 1. The fourth-order valence-electron chi connectivity index (χ4n) is 3.35. The summed E-state index contributed by atoms with van der Waals surface area (Å²) in [7, 11) is 0. The Balaban J connectivity index is 1.74. The first-order chi connectivity index (χ1) is 12.3. The van der Waals surface area contributed by atoms with Crippen molar-refractivity contribution in [2.24, 2.45) is 0 Å². The van der Waals surface area contributed by atoms with Crippen molar-refractivity contribution in [3.05, 3.63) is 71.3 Å². The Labute approximate surface area is 158 Å². The molecule has 0 N–H and O–H groups in total. The molecule has 4 heteroatoms. The minimum absolute atomic E-state index is 0.144. The van der Waals surface area contributed by atoms with Crippen LogP contribution in [0, 0.1) is 0 Å². The Morgan fingerprint density at radius 2 is 1.84 bits per heavy atom. The van der Waals surface area contributed by atoms with E-state index in [9.17, 15) is 4.79 Å². The number of rotatable bonds is 7. The lowest BCUT2D eigenvalue weighted by Crippen LogP contribution is -2.41. The summed E-state index contributed by atoms with van der Waals surface area (Å²) in [5.74, 6) is -0.144. The van der Waals surface area contributed by atoms with Crippen LogP contribution in [0.1, 0.15) is 35.6 Å². The highest BCUT2D eigenvalue weighted by molar-refractivity contribution is 9.09. The van der Waals surface area contributed by atoms with E-state index in [4.69, 9.17) is 4.74 Å². The van der Waals surface area contributed by atoms with Crippen molar-refractivity contribution in [3.8, 4) is 0 Å². The van der Waals surface area contributed by atoms with E-state index in [0.717, 1.165) is 48.8 Å². The molecule has 1 heterocycles. The third-order valence-corrected chi connectivity index (χ3v) is 5.22. The highest BCUT2D eigenvalue weighted by Gasteiger charge is 2.33. The van der Waals surface area contributed by atoms with Crippen LogP contribution in [0.5, 0.6) is 0 Å². The molecule has 0 saturated carbocycles. The molecule has 0 aromatic heterocycles. The van der Waals surface area contributed by atoms with E-state index in [1.807, 2.05) is 42.5 Å². The zero-order valence-electron chi connectivity index (χ0n) is 14.4. The smallest absolute Gasteiger partial charge is 0.328 e. The van der Waals surface area contributed by atoms with Gasteiger partial charge >= 0.3 is 5.97 Å². The van der Waals surface area contributed by atoms with Gasteiger partial charge in [0.1, 0.15) is 12.6 Å². The minimum atomic E-state index is -0.288. The summed E-state index contributed by atoms with van der Waals surface area (Å²) >= 11 is 3.48. The summed E-state index contributed by atoms with van der Waals surface area (Å²) in [6, 6.07) is 17.8. The van der Waals surface area contributed by atoms with Gasteiger partial charge in [-0.1, -0.05) is 70.5 Å². The highest BCUT2D eigenvalue weighted by atomic mass is 79.9. The van der Waals surface area contributed by atoms with Crippen LogP contribution in [0.4, 0.5) is 0 Å². The van der Waals surface area contributed by atoms with Crippen LogP contribution in [0.2, 0.25) is 0 Å². The van der Waals surface area contributed by atoms with Gasteiger partial charge in [0.2, 0.25) is 0 Å². The second-order valence-electron chi connectivity index (χ2n) is 6.38. The second-order valence-corrected chi connectivity index (χ2v) is 7.17. The Morgan fingerprint density at radius 3 is 2.64 bits per heavy atom. The molecule has 25 heavy (non-hydrogen) atoms. The van der Waals surface area contributed by atoms with Crippen molar-refractivity contribution in [1.29, 1.82) is 0 Å². The molecule has 3 rings (SSSR count). The maximum atomic E-state index is 12.9. The number of hydrogen-bond acceptors (Lipinski definition) is 3. The molecule has 0 unspecified atom stereocenters. The normalized spacial score (nSPS) is 17.1. The van der Waals surface area contributed by atoms with Gasteiger partial charge in [-0.15, -0.1) is 0 Å². The lowest BCUT2D eigenvalue weighted by Gasteiger charge is -2.35. The van der Waals surface area contributed by atoms with E-state index in [0.29, 0.717) is 6.61 Å². The monoisotopic (exact) mass is 401 g/mol. The van der Waals surface area contributed by atoms with Crippen LogP contribution in [0.25, 0.3) is 0 Å². The third-order valence-electron chi connectivity index (χ3n) is 4.66. The number of esters is 1. The average molecular weight is 402 g/mol. The molecule has 0 saturated heterocycles. The van der Waals surface area contributed by atoms with Crippen molar-refractivity contribution >= 4 is 21.9 Å². The van der Waals surface area contributed by atoms with E-state index >= 15 is 0 Å². The lowest BCUT2D eigenvalue weighted by molar-refractivity contribution is -0.152. The maximum Gasteiger partial charge on any atom is 0.328 e. The summed E-state index contributed by atoms with van der Waals surface area (Å²) in [5, 5.41) is 1.00. The second kappa shape index (κ2) is 9.16. The molecule has 1 aliphatic rings. The molecule has 3 nitrogen and oxygen atoms in total. The Kier molecular flexibility index (Phi) is 6.65. The molecule has 1 aliphatic heterocycles. The van der Waals surface area contributed by atoms with Crippen molar-refractivity contribution in [3.63, 3.8) is 0 Å². The molecule has 2 aromatic carbocycles. The average Bonchev–Trinajstić information content (AvgIpc) is 2.67. The Hall–Kier alpha value is -1.65. The quantitative estimate of drug-likeness (QED) is 0.388. The van der Waals surface area contributed by atoms with Crippen LogP contribution in [0.15, 0.2) is 54.6 Å². The van der Waals surface area contributed by atoms with Gasteiger partial charge in [-0.2, -0.15) is 0 Å². The number of halogens is 1. The minimum Gasteiger partial charge on any atom is -0.459 e. The van der Waals surface area contributed by atoms with Crippen molar-refractivity contribution < 1.29 is 9.53 Å². The number of ether oxygens (including phenoxy) is 1. The molecule has 1 atom stereocenters. The molecule has 0 fully saturated rings. The maximum absolute atomic E-state index is 12.9. The molecule has 0 bridgehead atoms. The predicted octanol–water partition coefficient (Wildman–Crippen LogP) is 4.50. The lowest BCUT2D eigenvalue weighted by atomic mass is 9.92. The summed E-state index contributed by atoms with van der Waals surface area (Å²) < 4.78 is 5.67. The van der Waals surface area contributed by atoms with Gasteiger partial charge in [0.05, 0.1) is 0 Å². The fourth-order valence-corrected chi connectivity index (χ4v) is 3.75. The molecule has 0 radical (unpaired) electrons. The highest BCUT2D eigenvalue weighted by Crippen LogP contribution is 2.31. The zero-order chi connectivity index (χ0) is 17.5. The Morgan fingerprint density at radius 1 is 1.08 bits per heavy atom. The first-order valence-corrected chi connectivity index (χ1v) is 10.00. The topological polar surface area (TPSA) is 29.5 Å². The van der Waals surface area contributed by atoms with Crippen LogP contribution in [0.3, 0.4) is 0 Å². The SMILES string of the molecule is O=C(OCc1ccccc1)[C@H]1c2ccccc2CCN1CCCCBr. The van der Waals surface area contributed by atoms with Gasteiger partial charge in [0.15, 0.2) is 0 Å². The predicted molar refractivity (Wildman–Crippen MR) is 104 cm³/mol. The summed E-state index contributed by atoms with van der Waals surface area (Å²) in [6.07, 6.45) is 3.19. The number of benzene rings is 2. The van der Waals surface area contributed by atoms with E-state index in [1.165, 1.54) is 5.56 Å². The van der Waals surface area contributed by atoms with Gasteiger partial charge < -0.3 is 4.74 Å². The molecule has 0 amide bonds. The van der Waals surface area contributed by atoms with Crippen LogP contribution >= 0.6 is 15.9 Å². The first kappa shape index (κ1) is 18.2. The number of hydrogen-bond donors (Lipinski definition) is 0. The molecular weight excluding hydrogens is 378 g/mol. The van der Waals surface area contributed by atoms with Crippen molar-refractivity contribution in [2.45, 2.75) is 31.9 Å². The number of carbonyl (C=O) groups is 1. The van der Waals surface area contributed by atoms with Gasteiger partial charge in [-0.05, 0) is 42.5 Å². The Bertz CT molecular complexity index is 689. The van der Waals surface area contributed by atoms with Crippen molar-refractivity contribution in [1.82, 2.24) is 4.90 Å². The molecule has 0 aliphatic carbocycles. The molecule has 132 valence electrons. The van der Waals surface area contributed by atoms with E-state index in [2.05, 4.69) is 33.0 Å². The summed E-state index contributed by atoms with van der Waals surface area (Å²) in [6.45, 7) is 2.16. The summed E-state index contributed by atoms with van der Waals surface area (Å²) in [4.78, 5) is 15.2. The van der Waals surface area contributed by atoms with Crippen LogP contribution < -0.4 is 0 Å². The van der Waals surface area contributed by atoms with Gasteiger partial charge in [0.25, 0.3) is 0 Å². The molecular formula is C21H24BrNO2. The fraction of sp³-hybridized carbons (Fsp3) is 0.381. The van der Waals surface area contributed by atoms with E-state index in [-0.39, 0.29) is 12.0 Å². The molecule has 2 aromatic rings. The number of alkyl halides is 1. The molecule has 0 spiro atoms. The number of carbonyl (C=O) groups excluding carboxylic acids is 1. The number of fused-ring (bicyclic) bond motifs is 1. The van der Waals surface area contributed by atoms with E-state index in [1.54, 1.807) is 0 Å². The van der Waals surface area contributed by atoms with Crippen LogP contribution in [-0.2, 0) is 22.6 Å². The van der Waals surface area contributed by atoms with Gasteiger partial charge in [-0.3, -0.25) is 4.90 Å². The van der Waals surface area contributed by atoms with Gasteiger partial charge in [-0.25, -0.2) is 4.79 Å². The number of nitrogens with zero attached hydrogens (tertiary/aromatic N) is 1. The van der Waals surface area contributed by atoms with E-state index < -0.39 is 0 Å². The van der Waals surface area contributed by atoms with Crippen molar-refractivity contribution in [2.75, 3.05) is 18.4 Å². The third kappa shape index (κ3) is 4.71. The first-order valence-electron chi connectivity index (χ1n) is 8.88. The zero-order valence-corrected chi connectivity index (χ0v) is 16.0. The summed E-state index contributed by atoms with van der Waals surface area (Å²) in [5.41, 5.74) is 3.39. The van der Waals surface area contributed by atoms with Gasteiger partial charge in [0, 0.05) is 11.9 Å². The van der Waals surface area contributed by atoms with Crippen LogP contribution in [-0.4, -0.2) is 29.3 Å².